The van der Waals surface area contributed by atoms with Crippen LogP contribution in [0.2, 0.25) is 0 Å². The van der Waals surface area contributed by atoms with Crippen LogP contribution in [0, 0.1) is 5.92 Å². The summed E-state index contributed by atoms with van der Waals surface area (Å²) >= 11 is 0. The topological polar surface area (TPSA) is 60.7 Å². The van der Waals surface area contributed by atoms with Crippen LogP contribution in [0.25, 0.3) is 0 Å². The fourth-order valence-electron chi connectivity index (χ4n) is 5.20. The molecule has 0 fully saturated rings. The fourth-order valence-corrected chi connectivity index (χ4v) is 7.16. The van der Waals surface area contributed by atoms with Gasteiger partial charge in [0.25, 0.3) is 0 Å². The van der Waals surface area contributed by atoms with E-state index in [4.69, 9.17) is 0 Å². The second-order valence-corrected chi connectivity index (χ2v) is 15.0. The Balaban J connectivity index is 1.55. The summed E-state index contributed by atoms with van der Waals surface area (Å²) in [5.41, 5.74) is 2.79. The molecule has 0 amide bonds. The second-order valence-electron chi connectivity index (χ2n) is 11.4. The van der Waals surface area contributed by atoms with Crippen molar-refractivity contribution in [1.29, 1.82) is 0 Å². The third-order valence-electron chi connectivity index (χ3n) is 7.41. The van der Waals surface area contributed by atoms with Gasteiger partial charge < -0.3 is 0 Å². The summed E-state index contributed by atoms with van der Waals surface area (Å²) < 4.78 is 0. The smallest absolute Gasteiger partial charge is 0.0622 e. The average Bonchev–Trinajstić information content (AvgIpc) is 2.85. The van der Waals surface area contributed by atoms with Crippen molar-refractivity contribution in [1.82, 2.24) is 0 Å². The molecule has 0 aliphatic heterocycles. The van der Waals surface area contributed by atoms with Crippen molar-refractivity contribution < 1.29 is 14.7 Å². The van der Waals surface area contributed by atoms with E-state index in [1.54, 1.807) is 0 Å². The second kappa shape index (κ2) is 16.6. The van der Waals surface area contributed by atoms with Crippen LogP contribution >= 0.6 is 7.28 Å². The summed E-state index contributed by atoms with van der Waals surface area (Å²) in [6.07, 6.45) is 15.7. The summed E-state index contributed by atoms with van der Waals surface area (Å²) in [5, 5.41) is 0. The van der Waals surface area contributed by atoms with Crippen molar-refractivity contribution in [2.24, 2.45) is 5.92 Å². The van der Waals surface area contributed by atoms with E-state index in [1.807, 2.05) is 0 Å². The van der Waals surface area contributed by atoms with Crippen LogP contribution in [0.3, 0.4) is 0 Å². The zero-order valence-electron chi connectivity index (χ0n) is 23.0. The van der Waals surface area contributed by atoms with E-state index in [0.29, 0.717) is 12.3 Å². The molecule has 0 saturated heterocycles. The molecule has 0 aliphatic carbocycles. The van der Waals surface area contributed by atoms with E-state index in [9.17, 15) is 14.7 Å². The van der Waals surface area contributed by atoms with E-state index in [1.165, 1.54) is 62.5 Å². The first kappa shape index (κ1) is 31.0. The number of benzene rings is 2. The van der Waals surface area contributed by atoms with Crippen LogP contribution < -0.4 is 0 Å². The van der Waals surface area contributed by atoms with Crippen LogP contribution in [-0.4, -0.2) is 27.0 Å². The quantitative estimate of drug-likeness (QED) is 0.121. The summed E-state index contributed by atoms with van der Waals surface area (Å²) in [6.45, 7) is 4.50. The summed E-state index contributed by atoms with van der Waals surface area (Å²) in [7, 11) is -4.42. The average molecular weight is 517 g/mol. The van der Waals surface area contributed by atoms with E-state index in [-0.39, 0.29) is 12.3 Å². The predicted molar refractivity (Wildman–Crippen MR) is 158 cm³/mol. The van der Waals surface area contributed by atoms with Crippen LogP contribution in [0.4, 0.5) is 0 Å². The Labute approximate surface area is 221 Å². The minimum atomic E-state index is -4.42. The van der Waals surface area contributed by atoms with Crippen molar-refractivity contribution in [2.75, 3.05) is 12.3 Å². The molecule has 204 valence electrons. The minimum Gasteiger partial charge on any atom is -0.0622 e. The van der Waals surface area contributed by atoms with Gasteiger partial charge in [0, 0.05) is 0 Å². The van der Waals surface area contributed by atoms with Gasteiger partial charge in [-0.25, -0.2) is 0 Å². The SMILES string of the molecule is CC(C)CCCCCCCP(O)(O)(O)CCCCCCCCCC(c1ccccc1)c1ccccc1. The predicted octanol–water partition coefficient (Wildman–Crippen LogP) is 9.21. The Bertz CT molecular complexity index is 759. The molecule has 0 radical (unpaired) electrons. The van der Waals surface area contributed by atoms with Crippen LogP contribution in [0.1, 0.15) is 121 Å². The molecule has 2 rings (SSSR count). The van der Waals surface area contributed by atoms with Crippen molar-refractivity contribution in [3.63, 3.8) is 0 Å². The maximum atomic E-state index is 10.4. The van der Waals surface area contributed by atoms with Gasteiger partial charge in [-0.2, -0.15) is 0 Å². The molecular formula is C32H53O3P. The molecule has 0 unspecified atom stereocenters. The standard InChI is InChI=1S/C32H53O3P/c1-29(2)21-13-7-6-10-20-28-36(33,34,35)27-19-9-5-3-4-8-18-26-32(30-22-14-11-15-23-30)31-24-16-12-17-25-31/h11-12,14-17,22-25,29,32-35H,3-10,13,18-21,26-28H2,1-2H3. The Morgan fingerprint density at radius 3 is 1.28 bits per heavy atom. The van der Waals surface area contributed by atoms with Crippen molar-refractivity contribution in [3.8, 4) is 0 Å². The van der Waals surface area contributed by atoms with Gasteiger partial charge in [-0.05, 0) is 0 Å². The number of hydrogen-bond donors (Lipinski definition) is 3. The molecule has 36 heavy (non-hydrogen) atoms. The molecular weight excluding hydrogens is 463 g/mol. The first-order valence-electron chi connectivity index (χ1n) is 14.6. The minimum absolute atomic E-state index is 0.175. The van der Waals surface area contributed by atoms with E-state index < -0.39 is 7.28 Å². The van der Waals surface area contributed by atoms with Gasteiger partial charge in [-0.1, -0.05) is 36.4 Å². The number of rotatable bonds is 20. The zero-order valence-corrected chi connectivity index (χ0v) is 23.9. The fraction of sp³-hybridized carbons (Fsp3) is 0.625. The Morgan fingerprint density at radius 2 is 0.861 bits per heavy atom. The van der Waals surface area contributed by atoms with Gasteiger partial charge in [0.05, 0.1) is 0 Å². The first-order chi connectivity index (χ1) is 17.2. The summed E-state index contributed by atoms with van der Waals surface area (Å²) in [6, 6.07) is 21.7. The van der Waals surface area contributed by atoms with E-state index >= 15 is 0 Å². The number of hydrogen-bond acceptors (Lipinski definition) is 3. The van der Waals surface area contributed by atoms with E-state index in [0.717, 1.165) is 38.0 Å². The van der Waals surface area contributed by atoms with Gasteiger partial charge in [0.15, 0.2) is 0 Å². The van der Waals surface area contributed by atoms with Crippen molar-refractivity contribution in [2.45, 2.75) is 110 Å². The van der Waals surface area contributed by atoms with Crippen LogP contribution in [0.15, 0.2) is 60.7 Å². The number of unbranched alkanes of at least 4 members (excludes halogenated alkanes) is 10. The van der Waals surface area contributed by atoms with Crippen molar-refractivity contribution in [3.05, 3.63) is 71.8 Å². The molecule has 0 aliphatic rings. The van der Waals surface area contributed by atoms with E-state index in [2.05, 4.69) is 74.5 Å². The Morgan fingerprint density at radius 1 is 0.500 bits per heavy atom. The molecule has 2 aromatic carbocycles. The third kappa shape index (κ3) is 13.9. The molecule has 0 spiro atoms. The molecule has 3 nitrogen and oxygen atoms in total. The van der Waals surface area contributed by atoms with Gasteiger partial charge in [-0.15, -0.1) is 0 Å². The zero-order chi connectivity index (χ0) is 26.1. The first-order valence-corrected chi connectivity index (χ1v) is 17.1. The molecule has 0 aromatic heterocycles. The Kier molecular flexibility index (Phi) is 14.2. The van der Waals surface area contributed by atoms with Gasteiger partial charge in [-0.3, -0.25) is 0 Å². The molecule has 2 aromatic rings. The normalized spacial score (nSPS) is 13.2. The van der Waals surface area contributed by atoms with Crippen LogP contribution in [-0.2, 0) is 0 Å². The molecule has 0 heterocycles. The molecule has 0 bridgehead atoms. The molecule has 0 saturated carbocycles. The van der Waals surface area contributed by atoms with Gasteiger partial charge in [0.2, 0.25) is 0 Å². The monoisotopic (exact) mass is 516 g/mol. The maximum absolute atomic E-state index is 10.4. The third-order valence-corrected chi connectivity index (χ3v) is 9.88. The van der Waals surface area contributed by atoms with Gasteiger partial charge >= 0.3 is 185 Å². The Hall–Kier alpha value is -1.25. The van der Waals surface area contributed by atoms with Gasteiger partial charge in [0.1, 0.15) is 0 Å². The van der Waals surface area contributed by atoms with Crippen molar-refractivity contribution >= 4 is 7.28 Å². The summed E-state index contributed by atoms with van der Waals surface area (Å²) in [4.78, 5) is 31.2. The molecule has 0 atom stereocenters. The molecule has 4 heteroatoms. The molecule has 3 N–H and O–H groups in total. The summed E-state index contributed by atoms with van der Waals surface area (Å²) in [5.74, 6) is 1.21. The van der Waals surface area contributed by atoms with Crippen LogP contribution in [0.5, 0.6) is 0 Å².